The molecule has 0 bridgehead atoms. The number of aromatic nitrogens is 1. The van der Waals surface area contributed by atoms with Crippen LogP contribution in [0.2, 0.25) is 0 Å². The molecule has 0 saturated carbocycles. The van der Waals surface area contributed by atoms with Crippen molar-refractivity contribution in [1.29, 1.82) is 0 Å². The van der Waals surface area contributed by atoms with Crippen molar-refractivity contribution in [3.8, 4) is 18.1 Å². The van der Waals surface area contributed by atoms with Gasteiger partial charge in [-0.05, 0) is 30.3 Å². The van der Waals surface area contributed by atoms with Crippen molar-refractivity contribution in [1.82, 2.24) is 4.57 Å². The van der Waals surface area contributed by atoms with Gasteiger partial charge in [-0.2, -0.15) is 4.99 Å². The zero-order valence-electron chi connectivity index (χ0n) is 14.8. The lowest BCUT2D eigenvalue weighted by Crippen LogP contribution is -2.19. The predicted octanol–water partition coefficient (Wildman–Crippen LogP) is 3.19. The van der Waals surface area contributed by atoms with Gasteiger partial charge in [0, 0.05) is 5.39 Å². The number of hydrogen-bond acceptors (Lipinski definition) is 5. The lowest BCUT2D eigenvalue weighted by molar-refractivity contribution is 0.0994. The normalized spacial score (nSPS) is 11.6. The molecule has 138 valence electrons. The molecule has 0 spiro atoms. The van der Waals surface area contributed by atoms with Gasteiger partial charge in [-0.15, -0.1) is 6.42 Å². The number of nitrogens with zero attached hydrogens (tertiary/aromatic N) is 2. The minimum absolute atomic E-state index is 0.124. The maximum Gasteiger partial charge on any atom is 0.349 e. The fourth-order valence-corrected chi connectivity index (χ4v) is 3.92. The summed E-state index contributed by atoms with van der Waals surface area (Å²) in [5.74, 6) is 2.58. The van der Waals surface area contributed by atoms with Gasteiger partial charge in [0.15, 0.2) is 4.80 Å². The molecule has 0 aliphatic heterocycles. The van der Waals surface area contributed by atoms with Crippen LogP contribution >= 0.6 is 11.3 Å². The Morgan fingerprint density at radius 3 is 2.89 bits per heavy atom. The highest BCUT2D eigenvalue weighted by Crippen LogP contribution is 2.23. The van der Waals surface area contributed by atoms with E-state index >= 15 is 0 Å². The van der Waals surface area contributed by atoms with E-state index in [0.29, 0.717) is 21.5 Å². The number of carbonyl (C=O) groups excluding carboxylic acids is 1. The first-order valence-electron chi connectivity index (χ1n) is 8.33. The Morgan fingerprint density at radius 2 is 2.11 bits per heavy atom. The number of benzene rings is 2. The summed E-state index contributed by atoms with van der Waals surface area (Å²) in [5.41, 5.74) is 0.404. The van der Waals surface area contributed by atoms with Gasteiger partial charge in [0.25, 0.3) is 5.91 Å². The summed E-state index contributed by atoms with van der Waals surface area (Å²) in [4.78, 5) is 29.5. The third kappa shape index (κ3) is 3.10. The molecule has 0 atom stereocenters. The molecular weight excluding hydrogens is 376 g/mol. The molecule has 1 amide bonds. The molecule has 28 heavy (non-hydrogen) atoms. The number of terminal acetylenes is 1. The number of rotatable bonds is 3. The maximum atomic E-state index is 12.7. The number of methoxy groups -OCH3 is 1. The quantitative estimate of drug-likeness (QED) is 0.398. The molecular formula is C21H14N2O4S. The molecule has 2 aromatic carbocycles. The van der Waals surface area contributed by atoms with Gasteiger partial charge in [-0.1, -0.05) is 35.5 Å². The summed E-state index contributed by atoms with van der Waals surface area (Å²) < 4.78 is 13.1. The second kappa shape index (κ2) is 7.18. The number of para-hydroxylation sites is 1. The molecule has 0 aliphatic rings. The Labute approximate surface area is 163 Å². The highest BCUT2D eigenvalue weighted by molar-refractivity contribution is 7.16. The Morgan fingerprint density at radius 1 is 1.29 bits per heavy atom. The Hall–Kier alpha value is -3.63. The molecule has 4 rings (SSSR count). The van der Waals surface area contributed by atoms with Crippen molar-refractivity contribution in [2.45, 2.75) is 6.54 Å². The number of carbonyl (C=O) groups is 1. The van der Waals surface area contributed by atoms with Gasteiger partial charge >= 0.3 is 5.63 Å². The van der Waals surface area contributed by atoms with E-state index in [4.69, 9.17) is 15.6 Å². The average Bonchev–Trinajstić information content (AvgIpc) is 3.03. The highest BCUT2D eigenvalue weighted by atomic mass is 32.1. The molecule has 0 fully saturated rings. The first-order chi connectivity index (χ1) is 13.6. The van der Waals surface area contributed by atoms with E-state index in [0.717, 1.165) is 10.2 Å². The average molecular weight is 390 g/mol. The summed E-state index contributed by atoms with van der Waals surface area (Å²) in [6.07, 6.45) is 5.48. The number of hydrogen-bond donors (Lipinski definition) is 0. The molecule has 0 unspecified atom stereocenters. The number of amides is 1. The van der Waals surface area contributed by atoms with E-state index in [1.807, 2.05) is 18.2 Å². The highest BCUT2D eigenvalue weighted by Gasteiger charge is 2.14. The molecule has 6 nitrogen and oxygen atoms in total. The summed E-state index contributed by atoms with van der Waals surface area (Å²) in [7, 11) is 1.58. The number of ether oxygens (including phenoxy) is 1. The maximum absolute atomic E-state index is 12.7. The summed E-state index contributed by atoms with van der Waals surface area (Å²) in [6, 6.07) is 14.0. The van der Waals surface area contributed by atoms with Crippen LogP contribution < -0.4 is 15.2 Å². The third-order valence-electron chi connectivity index (χ3n) is 4.21. The second-order valence-corrected chi connectivity index (χ2v) is 6.92. The molecule has 4 aromatic rings. The van der Waals surface area contributed by atoms with Crippen molar-refractivity contribution < 1.29 is 13.9 Å². The van der Waals surface area contributed by atoms with Gasteiger partial charge < -0.3 is 13.7 Å². The van der Waals surface area contributed by atoms with Crippen LogP contribution in [-0.2, 0) is 6.54 Å². The topological polar surface area (TPSA) is 73.8 Å². The summed E-state index contributed by atoms with van der Waals surface area (Å²) >= 11 is 1.29. The zero-order valence-corrected chi connectivity index (χ0v) is 15.7. The molecule has 0 aliphatic carbocycles. The van der Waals surface area contributed by atoms with E-state index < -0.39 is 11.5 Å². The summed E-state index contributed by atoms with van der Waals surface area (Å²) in [6.45, 7) is 0.241. The lowest BCUT2D eigenvalue weighted by atomic mass is 10.2. The Bertz CT molecular complexity index is 1390. The molecule has 7 heteroatoms. The van der Waals surface area contributed by atoms with Crippen LogP contribution in [0.1, 0.15) is 10.4 Å². The minimum atomic E-state index is -0.723. The Kier molecular flexibility index (Phi) is 4.55. The zero-order chi connectivity index (χ0) is 19.7. The molecule has 0 N–H and O–H groups in total. The van der Waals surface area contributed by atoms with Crippen LogP contribution in [0.15, 0.2) is 62.7 Å². The predicted molar refractivity (Wildman–Crippen MR) is 108 cm³/mol. The lowest BCUT2D eigenvalue weighted by Gasteiger charge is -2.02. The van der Waals surface area contributed by atoms with Gasteiger partial charge in [0.05, 0.1) is 23.9 Å². The summed E-state index contributed by atoms with van der Waals surface area (Å²) in [5, 5.41) is 0.651. The van der Waals surface area contributed by atoms with Crippen LogP contribution in [0, 0.1) is 12.3 Å². The van der Waals surface area contributed by atoms with Crippen molar-refractivity contribution >= 4 is 38.4 Å². The van der Waals surface area contributed by atoms with Gasteiger partial charge in [0.1, 0.15) is 16.9 Å². The van der Waals surface area contributed by atoms with Crippen LogP contribution in [0.5, 0.6) is 5.75 Å². The Balaban J connectivity index is 1.88. The van der Waals surface area contributed by atoms with Crippen molar-refractivity contribution in [2.75, 3.05) is 7.11 Å². The van der Waals surface area contributed by atoms with Crippen molar-refractivity contribution in [2.24, 2.45) is 4.99 Å². The monoisotopic (exact) mass is 390 g/mol. The molecule has 0 radical (unpaired) electrons. The van der Waals surface area contributed by atoms with Crippen molar-refractivity contribution in [3.63, 3.8) is 0 Å². The number of fused-ring (bicyclic) bond motifs is 2. The molecule has 0 saturated heterocycles. The van der Waals surface area contributed by atoms with E-state index in [2.05, 4.69) is 10.9 Å². The van der Waals surface area contributed by atoms with Crippen LogP contribution in [0.4, 0.5) is 0 Å². The SMILES string of the molecule is C#CCn1c(=NC(=O)c2cc3ccccc3oc2=O)sc2cc(OC)ccc21. The van der Waals surface area contributed by atoms with Gasteiger partial charge in [-0.3, -0.25) is 4.79 Å². The van der Waals surface area contributed by atoms with Crippen LogP contribution in [-0.4, -0.2) is 17.6 Å². The van der Waals surface area contributed by atoms with E-state index in [1.165, 1.54) is 17.4 Å². The first kappa shape index (κ1) is 17.8. The van der Waals surface area contributed by atoms with E-state index in [-0.39, 0.29) is 12.1 Å². The second-order valence-electron chi connectivity index (χ2n) is 5.91. The van der Waals surface area contributed by atoms with Crippen molar-refractivity contribution in [3.05, 3.63) is 69.3 Å². The fraction of sp³-hybridized carbons (Fsp3) is 0.0952. The number of thiazole rings is 1. The fourth-order valence-electron chi connectivity index (χ4n) is 2.87. The standard InChI is InChI=1S/C21H14N2O4S/c1-3-10-23-16-9-8-14(26-2)12-18(16)28-21(23)22-19(24)15-11-13-6-4-5-7-17(13)27-20(15)25/h1,4-9,11-12H,10H2,2H3. The largest absolute Gasteiger partial charge is 0.497 e. The third-order valence-corrected chi connectivity index (χ3v) is 5.25. The smallest absolute Gasteiger partial charge is 0.349 e. The van der Waals surface area contributed by atoms with E-state index in [9.17, 15) is 9.59 Å². The molecule has 2 heterocycles. The molecule has 2 aromatic heterocycles. The van der Waals surface area contributed by atoms with Crippen LogP contribution in [0.25, 0.3) is 21.2 Å². The van der Waals surface area contributed by atoms with Gasteiger partial charge in [0.2, 0.25) is 0 Å². The van der Waals surface area contributed by atoms with Crippen LogP contribution in [0.3, 0.4) is 0 Å². The van der Waals surface area contributed by atoms with E-state index in [1.54, 1.807) is 35.9 Å². The minimum Gasteiger partial charge on any atom is -0.497 e. The van der Waals surface area contributed by atoms with Gasteiger partial charge in [-0.25, -0.2) is 4.79 Å². The first-order valence-corrected chi connectivity index (χ1v) is 9.15.